The number of ether oxygens (including phenoxy) is 1. The summed E-state index contributed by atoms with van der Waals surface area (Å²) in [7, 11) is 0. The van der Waals surface area contributed by atoms with Crippen molar-refractivity contribution in [2.45, 2.75) is 39.7 Å². The molecule has 1 unspecified atom stereocenters. The van der Waals surface area contributed by atoms with Gasteiger partial charge in [0.25, 0.3) is 0 Å². The van der Waals surface area contributed by atoms with Crippen LogP contribution in [0.3, 0.4) is 0 Å². The Kier molecular flexibility index (Phi) is 5.68. The third-order valence-electron chi connectivity index (χ3n) is 3.56. The molecule has 0 saturated carbocycles. The van der Waals surface area contributed by atoms with Crippen LogP contribution in [0.15, 0.2) is 48.5 Å². The van der Waals surface area contributed by atoms with E-state index in [2.05, 4.69) is 55.6 Å². The summed E-state index contributed by atoms with van der Waals surface area (Å²) in [5.74, 6) is 0.961. The molecule has 0 amide bonds. The first-order valence-corrected chi connectivity index (χ1v) is 7.81. The van der Waals surface area contributed by atoms with Gasteiger partial charge in [-0.05, 0) is 44.0 Å². The minimum absolute atomic E-state index is 0.213. The molecule has 1 atom stereocenters. The molecule has 0 heterocycles. The van der Waals surface area contributed by atoms with Crippen LogP contribution in [0.1, 0.15) is 44.4 Å². The molecule has 21 heavy (non-hydrogen) atoms. The van der Waals surface area contributed by atoms with E-state index in [-0.39, 0.29) is 6.04 Å². The predicted molar refractivity (Wildman–Crippen MR) is 90.1 cm³/mol. The second kappa shape index (κ2) is 7.72. The predicted octanol–water partition coefficient (Wildman–Crippen LogP) is 5.21. The first-order valence-electron chi connectivity index (χ1n) is 7.81. The van der Waals surface area contributed by atoms with Crippen LogP contribution in [0.25, 0.3) is 0 Å². The fraction of sp³-hybridized carbons (Fsp3) is 0.368. The Morgan fingerprint density at radius 1 is 1.00 bits per heavy atom. The van der Waals surface area contributed by atoms with Crippen molar-refractivity contribution < 1.29 is 4.74 Å². The van der Waals surface area contributed by atoms with E-state index in [1.165, 1.54) is 17.5 Å². The Morgan fingerprint density at radius 2 is 1.71 bits per heavy atom. The largest absolute Gasteiger partial charge is 0.494 e. The van der Waals surface area contributed by atoms with Crippen molar-refractivity contribution in [2.24, 2.45) is 0 Å². The van der Waals surface area contributed by atoms with Gasteiger partial charge in [0.2, 0.25) is 0 Å². The van der Waals surface area contributed by atoms with Crippen LogP contribution in [-0.4, -0.2) is 6.61 Å². The van der Waals surface area contributed by atoms with E-state index >= 15 is 0 Å². The second-order valence-corrected chi connectivity index (χ2v) is 5.28. The van der Waals surface area contributed by atoms with Gasteiger partial charge in [-0.3, -0.25) is 0 Å². The molecule has 0 spiro atoms. The van der Waals surface area contributed by atoms with Gasteiger partial charge in [-0.25, -0.2) is 0 Å². The van der Waals surface area contributed by atoms with E-state index in [0.717, 1.165) is 17.9 Å². The molecule has 0 saturated heterocycles. The average Bonchev–Trinajstić information content (AvgIpc) is 2.50. The average molecular weight is 283 g/mol. The topological polar surface area (TPSA) is 21.3 Å². The van der Waals surface area contributed by atoms with Gasteiger partial charge < -0.3 is 10.1 Å². The van der Waals surface area contributed by atoms with Gasteiger partial charge in [0.15, 0.2) is 0 Å². The highest BCUT2D eigenvalue weighted by atomic mass is 16.5. The van der Waals surface area contributed by atoms with E-state index in [9.17, 15) is 0 Å². The molecule has 0 aliphatic carbocycles. The standard InChI is InChI=1S/C19H25NO/c1-4-8-16-11-13-17(14-12-16)20-15(3)18-9-6-7-10-19(18)21-5-2/h6-7,9-15,20H,4-5,8H2,1-3H3. The van der Waals surface area contributed by atoms with Crippen molar-refractivity contribution in [1.82, 2.24) is 0 Å². The van der Waals surface area contributed by atoms with Crippen LogP contribution >= 0.6 is 0 Å². The Bertz CT molecular complexity index is 548. The minimum atomic E-state index is 0.213. The van der Waals surface area contributed by atoms with Crippen molar-refractivity contribution in [1.29, 1.82) is 0 Å². The second-order valence-electron chi connectivity index (χ2n) is 5.28. The maximum absolute atomic E-state index is 5.71. The Balaban J connectivity index is 2.08. The monoisotopic (exact) mass is 283 g/mol. The van der Waals surface area contributed by atoms with Crippen molar-refractivity contribution in [2.75, 3.05) is 11.9 Å². The lowest BCUT2D eigenvalue weighted by atomic mass is 10.1. The summed E-state index contributed by atoms with van der Waals surface area (Å²) in [4.78, 5) is 0. The van der Waals surface area contributed by atoms with Crippen molar-refractivity contribution in [3.8, 4) is 5.75 Å². The zero-order chi connectivity index (χ0) is 15.1. The summed E-state index contributed by atoms with van der Waals surface area (Å²) >= 11 is 0. The number of benzene rings is 2. The summed E-state index contributed by atoms with van der Waals surface area (Å²) in [6.07, 6.45) is 2.33. The fourth-order valence-electron chi connectivity index (χ4n) is 2.51. The maximum atomic E-state index is 5.71. The fourth-order valence-corrected chi connectivity index (χ4v) is 2.51. The lowest BCUT2D eigenvalue weighted by Gasteiger charge is -2.19. The van der Waals surface area contributed by atoms with E-state index in [4.69, 9.17) is 4.74 Å². The number of hydrogen-bond donors (Lipinski definition) is 1. The molecule has 2 heteroatoms. The lowest BCUT2D eigenvalue weighted by Crippen LogP contribution is -2.08. The number of nitrogens with one attached hydrogen (secondary N) is 1. The molecule has 0 aromatic heterocycles. The normalized spacial score (nSPS) is 12.0. The maximum Gasteiger partial charge on any atom is 0.124 e. The van der Waals surface area contributed by atoms with E-state index < -0.39 is 0 Å². The smallest absolute Gasteiger partial charge is 0.124 e. The highest BCUT2D eigenvalue weighted by Gasteiger charge is 2.10. The van der Waals surface area contributed by atoms with Crippen LogP contribution in [-0.2, 0) is 6.42 Å². The molecule has 2 aromatic rings. The zero-order valence-electron chi connectivity index (χ0n) is 13.2. The summed E-state index contributed by atoms with van der Waals surface area (Å²) in [6, 6.07) is 17.1. The highest BCUT2D eigenvalue weighted by Crippen LogP contribution is 2.27. The van der Waals surface area contributed by atoms with Crippen LogP contribution in [0.5, 0.6) is 5.75 Å². The van der Waals surface area contributed by atoms with Gasteiger partial charge in [-0.15, -0.1) is 0 Å². The zero-order valence-corrected chi connectivity index (χ0v) is 13.2. The summed E-state index contributed by atoms with van der Waals surface area (Å²) in [5.41, 5.74) is 3.73. The number of para-hydroxylation sites is 1. The van der Waals surface area contributed by atoms with Gasteiger partial charge in [0, 0.05) is 11.3 Å². The molecule has 1 N–H and O–H groups in total. The van der Waals surface area contributed by atoms with Crippen LogP contribution in [0.2, 0.25) is 0 Å². The van der Waals surface area contributed by atoms with Crippen molar-refractivity contribution >= 4 is 5.69 Å². The van der Waals surface area contributed by atoms with Gasteiger partial charge in [0.05, 0.1) is 12.6 Å². The molecular weight excluding hydrogens is 258 g/mol. The van der Waals surface area contributed by atoms with Gasteiger partial charge >= 0.3 is 0 Å². The Labute approximate surface area is 128 Å². The number of aryl methyl sites for hydroxylation is 1. The summed E-state index contributed by atoms with van der Waals surface area (Å²) < 4.78 is 5.71. The number of rotatable bonds is 7. The molecule has 2 nitrogen and oxygen atoms in total. The highest BCUT2D eigenvalue weighted by molar-refractivity contribution is 5.48. The lowest BCUT2D eigenvalue weighted by molar-refractivity contribution is 0.335. The summed E-state index contributed by atoms with van der Waals surface area (Å²) in [6.45, 7) is 7.08. The summed E-state index contributed by atoms with van der Waals surface area (Å²) in [5, 5.41) is 3.55. The first-order chi connectivity index (χ1) is 10.2. The Hall–Kier alpha value is -1.96. The van der Waals surface area contributed by atoms with E-state index in [1.54, 1.807) is 0 Å². The molecule has 0 radical (unpaired) electrons. The van der Waals surface area contributed by atoms with Crippen LogP contribution < -0.4 is 10.1 Å². The van der Waals surface area contributed by atoms with E-state index in [0.29, 0.717) is 6.61 Å². The van der Waals surface area contributed by atoms with Crippen molar-refractivity contribution in [3.05, 3.63) is 59.7 Å². The SMILES string of the molecule is CCCc1ccc(NC(C)c2ccccc2OCC)cc1. The van der Waals surface area contributed by atoms with Gasteiger partial charge in [0.1, 0.15) is 5.75 Å². The Morgan fingerprint density at radius 3 is 2.38 bits per heavy atom. The molecule has 0 fully saturated rings. The molecule has 0 bridgehead atoms. The van der Waals surface area contributed by atoms with Gasteiger partial charge in [-0.2, -0.15) is 0 Å². The third-order valence-corrected chi connectivity index (χ3v) is 3.56. The van der Waals surface area contributed by atoms with Gasteiger partial charge in [-0.1, -0.05) is 43.7 Å². The molecule has 112 valence electrons. The molecule has 0 aliphatic rings. The number of anilines is 1. The molecule has 0 aliphatic heterocycles. The van der Waals surface area contributed by atoms with Crippen LogP contribution in [0.4, 0.5) is 5.69 Å². The number of hydrogen-bond acceptors (Lipinski definition) is 2. The third kappa shape index (κ3) is 4.25. The minimum Gasteiger partial charge on any atom is -0.494 e. The molecule has 2 rings (SSSR count). The van der Waals surface area contributed by atoms with Crippen LogP contribution in [0, 0.1) is 0 Å². The first kappa shape index (κ1) is 15.4. The molecule has 2 aromatic carbocycles. The van der Waals surface area contributed by atoms with Crippen molar-refractivity contribution in [3.63, 3.8) is 0 Å². The quantitative estimate of drug-likeness (QED) is 0.753. The van der Waals surface area contributed by atoms with E-state index in [1.807, 2.05) is 19.1 Å². The molecular formula is C19H25NO.